The van der Waals surface area contributed by atoms with Crippen molar-refractivity contribution in [2.45, 2.75) is 52.9 Å². The first-order valence-corrected chi connectivity index (χ1v) is 5.65. The molecule has 0 aromatic carbocycles. The molecule has 1 fully saturated rings. The highest BCUT2D eigenvalue weighted by atomic mass is 16.7. The molecule has 0 aromatic rings. The van der Waals surface area contributed by atoms with Crippen molar-refractivity contribution in [3.63, 3.8) is 0 Å². The summed E-state index contributed by atoms with van der Waals surface area (Å²) in [5.74, 6) is 0. The van der Waals surface area contributed by atoms with Gasteiger partial charge in [0.25, 0.3) is 0 Å². The molecule has 1 rings (SSSR count). The predicted octanol–water partition coefficient (Wildman–Crippen LogP) is 3.44. The van der Waals surface area contributed by atoms with Gasteiger partial charge in [0.1, 0.15) is 0 Å². The number of allylic oxidation sites excluding steroid dienone is 3. The largest absolute Gasteiger partial charge is 0.346 e. The van der Waals surface area contributed by atoms with Crippen molar-refractivity contribution in [2.75, 3.05) is 6.61 Å². The molecule has 1 aliphatic heterocycles. The topological polar surface area (TPSA) is 18.5 Å². The fraction of sp³-hybridized carbons (Fsp3) is 0.692. The minimum absolute atomic E-state index is 0.119. The van der Waals surface area contributed by atoms with Crippen molar-refractivity contribution in [1.29, 1.82) is 0 Å². The molecular weight excluding hydrogens is 188 g/mol. The lowest BCUT2D eigenvalue weighted by atomic mass is 10.1. The van der Waals surface area contributed by atoms with Gasteiger partial charge in [-0.05, 0) is 46.6 Å². The molecule has 0 N–H and O–H groups in total. The third-order valence-corrected chi connectivity index (χ3v) is 2.37. The maximum Gasteiger partial charge on any atom is 0.177 e. The Bertz CT molecular complexity index is 249. The summed E-state index contributed by atoms with van der Waals surface area (Å²) >= 11 is 0. The van der Waals surface area contributed by atoms with E-state index in [9.17, 15) is 0 Å². The van der Waals surface area contributed by atoms with Crippen LogP contribution in [0.3, 0.4) is 0 Å². The summed E-state index contributed by atoms with van der Waals surface area (Å²) < 4.78 is 11.0. The van der Waals surface area contributed by atoms with E-state index in [0.717, 1.165) is 12.8 Å². The second-order valence-electron chi connectivity index (χ2n) is 4.48. The van der Waals surface area contributed by atoms with E-state index >= 15 is 0 Å². The van der Waals surface area contributed by atoms with Gasteiger partial charge in [-0.3, -0.25) is 0 Å². The van der Waals surface area contributed by atoms with Crippen LogP contribution in [0.15, 0.2) is 23.3 Å². The van der Waals surface area contributed by atoms with Gasteiger partial charge >= 0.3 is 0 Å². The van der Waals surface area contributed by atoms with E-state index in [2.05, 4.69) is 32.9 Å². The van der Waals surface area contributed by atoms with Gasteiger partial charge in [-0.15, -0.1) is 0 Å². The molecule has 15 heavy (non-hydrogen) atoms. The number of ether oxygens (including phenoxy) is 2. The second-order valence-corrected chi connectivity index (χ2v) is 4.48. The van der Waals surface area contributed by atoms with Crippen molar-refractivity contribution < 1.29 is 9.47 Å². The summed E-state index contributed by atoms with van der Waals surface area (Å²) in [6, 6.07) is 0. The van der Waals surface area contributed by atoms with Gasteiger partial charge in [0, 0.05) is 0 Å². The standard InChI is InChI=1S/C13H22O2/c1-10(2)6-5-7-11(3)8-13-14-9-12(4)15-13/h6,8,12-13H,5,7,9H2,1-4H3/b11-8+/t12-,13+/m1/s1. The van der Waals surface area contributed by atoms with Gasteiger partial charge < -0.3 is 9.47 Å². The molecule has 0 spiro atoms. The summed E-state index contributed by atoms with van der Waals surface area (Å²) in [5, 5.41) is 0. The average molecular weight is 210 g/mol. The molecule has 1 heterocycles. The zero-order valence-corrected chi connectivity index (χ0v) is 10.2. The predicted molar refractivity (Wildman–Crippen MR) is 62.7 cm³/mol. The van der Waals surface area contributed by atoms with E-state index in [1.807, 2.05) is 6.92 Å². The second kappa shape index (κ2) is 6.09. The van der Waals surface area contributed by atoms with Crippen LogP contribution in [0.1, 0.15) is 40.5 Å². The molecule has 86 valence electrons. The molecule has 0 bridgehead atoms. The van der Waals surface area contributed by atoms with Crippen molar-refractivity contribution in [3.8, 4) is 0 Å². The van der Waals surface area contributed by atoms with Gasteiger partial charge in [0.05, 0.1) is 12.7 Å². The van der Waals surface area contributed by atoms with E-state index in [0.29, 0.717) is 6.61 Å². The Morgan fingerprint density at radius 1 is 1.33 bits per heavy atom. The van der Waals surface area contributed by atoms with Crippen LogP contribution in [0.25, 0.3) is 0 Å². The summed E-state index contributed by atoms with van der Waals surface area (Å²) in [5.41, 5.74) is 2.72. The van der Waals surface area contributed by atoms with Crippen LogP contribution in [0.4, 0.5) is 0 Å². The highest BCUT2D eigenvalue weighted by Crippen LogP contribution is 2.15. The molecule has 0 radical (unpaired) electrons. The fourth-order valence-electron chi connectivity index (χ4n) is 1.53. The Balaban J connectivity index is 2.30. The molecule has 2 nitrogen and oxygen atoms in total. The molecule has 0 amide bonds. The average Bonchev–Trinajstić information content (AvgIpc) is 2.50. The first-order chi connectivity index (χ1) is 7.08. The third-order valence-electron chi connectivity index (χ3n) is 2.37. The normalized spacial score (nSPS) is 26.8. The molecular formula is C13H22O2. The van der Waals surface area contributed by atoms with Crippen molar-refractivity contribution in [1.82, 2.24) is 0 Å². The zero-order valence-electron chi connectivity index (χ0n) is 10.2. The van der Waals surface area contributed by atoms with Crippen molar-refractivity contribution in [2.24, 2.45) is 0 Å². The molecule has 2 atom stereocenters. The lowest BCUT2D eigenvalue weighted by Gasteiger charge is -2.06. The maximum absolute atomic E-state index is 5.55. The van der Waals surface area contributed by atoms with E-state index in [4.69, 9.17) is 9.47 Å². The van der Waals surface area contributed by atoms with Crippen LogP contribution >= 0.6 is 0 Å². The maximum atomic E-state index is 5.55. The molecule has 0 aliphatic carbocycles. The monoisotopic (exact) mass is 210 g/mol. The smallest absolute Gasteiger partial charge is 0.177 e. The van der Waals surface area contributed by atoms with E-state index < -0.39 is 0 Å². The highest BCUT2D eigenvalue weighted by molar-refractivity contribution is 5.04. The molecule has 0 saturated carbocycles. The molecule has 0 unspecified atom stereocenters. The Hall–Kier alpha value is -0.600. The lowest BCUT2D eigenvalue weighted by Crippen LogP contribution is -2.06. The summed E-state index contributed by atoms with van der Waals surface area (Å²) in [4.78, 5) is 0. The number of rotatable bonds is 4. The van der Waals surface area contributed by atoms with Gasteiger partial charge in [-0.25, -0.2) is 0 Å². The minimum Gasteiger partial charge on any atom is -0.346 e. The van der Waals surface area contributed by atoms with Crippen LogP contribution < -0.4 is 0 Å². The molecule has 0 aromatic heterocycles. The fourth-order valence-corrected chi connectivity index (χ4v) is 1.53. The minimum atomic E-state index is -0.119. The molecule has 2 heteroatoms. The highest BCUT2D eigenvalue weighted by Gasteiger charge is 2.19. The summed E-state index contributed by atoms with van der Waals surface area (Å²) in [7, 11) is 0. The quantitative estimate of drug-likeness (QED) is 0.662. The Labute approximate surface area is 93.0 Å². The summed E-state index contributed by atoms with van der Waals surface area (Å²) in [6.45, 7) is 9.14. The number of hydrogen-bond donors (Lipinski definition) is 0. The Kier molecular flexibility index (Phi) is 5.06. The van der Waals surface area contributed by atoms with Gasteiger partial charge in [-0.2, -0.15) is 0 Å². The van der Waals surface area contributed by atoms with E-state index in [1.165, 1.54) is 11.1 Å². The Morgan fingerprint density at radius 2 is 2.07 bits per heavy atom. The van der Waals surface area contributed by atoms with Crippen molar-refractivity contribution in [3.05, 3.63) is 23.3 Å². The van der Waals surface area contributed by atoms with Gasteiger partial charge in [0.15, 0.2) is 6.29 Å². The van der Waals surface area contributed by atoms with Crippen LogP contribution in [0.2, 0.25) is 0 Å². The van der Waals surface area contributed by atoms with Crippen LogP contribution in [0.5, 0.6) is 0 Å². The van der Waals surface area contributed by atoms with E-state index in [-0.39, 0.29) is 12.4 Å². The van der Waals surface area contributed by atoms with Crippen LogP contribution in [-0.2, 0) is 9.47 Å². The first-order valence-electron chi connectivity index (χ1n) is 5.65. The molecule has 1 aliphatic rings. The van der Waals surface area contributed by atoms with Gasteiger partial charge in [-0.1, -0.05) is 17.2 Å². The Morgan fingerprint density at radius 3 is 2.60 bits per heavy atom. The van der Waals surface area contributed by atoms with Crippen LogP contribution in [-0.4, -0.2) is 19.0 Å². The lowest BCUT2D eigenvalue weighted by molar-refractivity contribution is -0.0167. The third kappa shape index (κ3) is 5.14. The van der Waals surface area contributed by atoms with E-state index in [1.54, 1.807) is 0 Å². The van der Waals surface area contributed by atoms with Crippen LogP contribution in [0, 0.1) is 0 Å². The zero-order chi connectivity index (χ0) is 11.3. The first kappa shape index (κ1) is 12.5. The van der Waals surface area contributed by atoms with Gasteiger partial charge in [0.2, 0.25) is 0 Å². The molecule has 1 saturated heterocycles. The SMILES string of the molecule is CC(C)=CCC/C(C)=C/[C@H]1OC[C@@H](C)O1. The summed E-state index contributed by atoms with van der Waals surface area (Å²) in [6.07, 6.45) is 6.65. The number of hydrogen-bond acceptors (Lipinski definition) is 2. The van der Waals surface area contributed by atoms with Crippen molar-refractivity contribution >= 4 is 0 Å².